The third kappa shape index (κ3) is 3.39. The van der Waals surface area contributed by atoms with Crippen LogP contribution in [-0.2, 0) is 0 Å². The Bertz CT molecular complexity index is 435. The molecule has 2 N–H and O–H groups in total. The van der Waals surface area contributed by atoms with Crippen LogP contribution in [-0.4, -0.2) is 29.0 Å². The number of pyridine rings is 1. The Kier molecular flexibility index (Phi) is 4.48. The van der Waals surface area contributed by atoms with E-state index in [1.807, 2.05) is 0 Å². The Labute approximate surface area is 113 Å². The first-order chi connectivity index (χ1) is 8.66. The first kappa shape index (κ1) is 13.2. The average Bonchev–Trinajstić information content (AvgIpc) is 2.84. The predicted octanol–water partition coefficient (Wildman–Crippen LogP) is 2.31. The van der Waals surface area contributed by atoms with Crippen LogP contribution in [0.3, 0.4) is 0 Å². The van der Waals surface area contributed by atoms with Crippen molar-refractivity contribution in [2.45, 2.75) is 25.3 Å². The van der Waals surface area contributed by atoms with E-state index in [4.69, 9.17) is 0 Å². The van der Waals surface area contributed by atoms with E-state index in [9.17, 15) is 10.1 Å². The van der Waals surface area contributed by atoms with Crippen LogP contribution in [0.5, 0.6) is 0 Å². The number of aromatic nitrogens is 1. The van der Waals surface area contributed by atoms with E-state index in [0.717, 1.165) is 13.0 Å². The van der Waals surface area contributed by atoms with Crippen molar-refractivity contribution < 1.29 is 4.92 Å². The Morgan fingerprint density at radius 3 is 3.17 bits per heavy atom. The highest BCUT2D eigenvalue weighted by Gasteiger charge is 2.17. The summed E-state index contributed by atoms with van der Waals surface area (Å²) < 4.78 is 0.609. The lowest BCUT2D eigenvalue weighted by molar-refractivity contribution is -0.384. The highest BCUT2D eigenvalue weighted by molar-refractivity contribution is 9.10. The lowest BCUT2D eigenvalue weighted by Gasteiger charge is -2.11. The second kappa shape index (κ2) is 6.10. The molecule has 1 fully saturated rings. The molecular formula is C11H15BrN4O2. The number of nitrogens with zero attached hydrogens (tertiary/aromatic N) is 2. The average molecular weight is 315 g/mol. The van der Waals surface area contributed by atoms with Gasteiger partial charge in [-0.1, -0.05) is 0 Å². The van der Waals surface area contributed by atoms with Crippen LogP contribution in [0, 0.1) is 10.1 Å². The van der Waals surface area contributed by atoms with Crippen molar-refractivity contribution in [3.8, 4) is 0 Å². The lowest BCUT2D eigenvalue weighted by Crippen LogP contribution is -2.24. The van der Waals surface area contributed by atoms with Crippen molar-refractivity contribution in [3.63, 3.8) is 0 Å². The summed E-state index contributed by atoms with van der Waals surface area (Å²) >= 11 is 3.18. The summed E-state index contributed by atoms with van der Waals surface area (Å²) in [5, 5.41) is 17.3. The monoisotopic (exact) mass is 314 g/mol. The molecule has 0 spiro atoms. The smallest absolute Gasteiger partial charge is 0.312 e. The van der Waals surface area contributed by atoms with Crippen LogP contribution < -0.4 is 10.6 Å². The maximum atomic E-state index is 10.9. The second-order valence-corrected chi connectivity index (χ2v) is 5.20. The number of hydrogen-bond acceptors (Lipinski definition) is 5. The van der Waals surface area contributed by atoms with Crippen molar-refractivity contribution in [2.24, 2.45) is 0 Å². The van der Waals surface area contributed by atoms with Gasteiger partial charge < -0.3 is 10.6 Å². The molecule has 0 aliphatic carbocycles. The minimum Gasteiger partial charge on any atom is -0.364 e. The topological polar surface area (TPSA) is 80.1 Å². The molecule has 1 saturated heterocycles. The van der Waals surface area contributed by atoms with Crippen LogP contribution in [0.15, 0.2) is 16.7 Å². The van der Waals surface area contributed by atoms with Crippen LogP contribution in [0.25, 0.3) is 0 Å². The van der Waals surface area contributed by atoms with Gasteiger partial charge in [0.05, 0.1) is 4.92 Å². The third-order valence-electron chi connectivity index (χ3n) is 2.98. The van der Waals surface area contributed by atoms with E-state index in [1.54, 1.807) is 6.20 Å². The molecule has 98 valence electrons. The minimum absolute atomic E-state index is 0.00348. The van der Waals surface area contributed by atoms with Gasteiger partial charge in [-0.2, -0.15) is 0 Å². The van der Waals surface area contributed by atoms with Gasteiger partial charge in [0.15, 0.2) is 0 Å². The normalized spacial score (nSPS) is 18.8. The maximum absolute atomic E-state index is 10.9. The maximum Gasteiger partial charge on any atom is 0.312 e. The molecule has 1 atom stereocenters. The molecular weight excluding hydrogens is 300 g/mol. The minimum atomic E-state index is -0.423. The van der Waals surface area contributed by atoms with E-state index in [2.05, 4.69) is 31.5 Å². The van der Waals surface area contributed by atoms with Gasteiger partial charge in [0.25, 0.3) is 0 Å². The Morgan fingerprint density at radius 2 is 2.50 bits per heavy atom. The molecule has 18 heavy (non-hydrogen) atoms. The predicted molar refractivity (Wildman–Crippen MR) is 72.7 cm³/mol. The zero-order valence-electron chi connectivity index (χ0n) is 9.86. The lowest BCUT2D eigenvalue weighted by atomic mass is 10.1. The van der Waals surface area contributed by atoms with Crippen molar-refractivity contribution >= 4 is 27.4 Å². The first-order valence-corrected chi connectivity index (χ1v) is 6.73. The summed E-state index contributed by atoms with van der Waals surface area (Å²) in [6.07, 6.45) is 4.90. The molecule has 1 aliphatic rings. The van der Waals surface area contributed by atoms with E-state index in [-0.39, 0.29) is 5.69 Å². The fraction of sp³-hybridized carbons (Fsp3) is 0.545. The van der Waals surface area contributed by atoms with Gasteiger partial charge in [-0.15, -0.1) is 0 Å². The molecule has 1 aliphatic heterocycles. The van der Waals surface area contributed by atoms with Gasteiger partial charge in [-0.25, -0.2) is 4.98 Å². The van der Waals surface area contributed by atoms with Gasteiger partial charge in [-0.3, -0.25) is 10.1 Å². The van der Waals surface area contributed by atoms with E-state index in [1.165, 1.54) is 18.9 Å². The van der Waals surface area contributed by atoms with Gasteiger partial charge >= 0.3 is 5.69 Å². The largest absolute Gasteiger partial charge is 0.364 e. The summed E-state index contributed by atoms with van der Waals surface area (Å²) in [4.78, 5) is 14.5. The fourth-order valence-electron chi connectivity index (χ4n) is 2.07. The van der Waals surface area contributed by atoms with Crippen molar-refractivity contribution in [1.82, 2.24) is 10.3 Å². The Morgan fingerprint density at radius 1 is 1.67 bits per heavy atom. The molecule has 0 saturated carbocycles. The van der Waals surface area contributed by atoms with Crippen molar-refractivity contribution in [1.29, 1.82) is 0 Å². The summed E-state index contributed by atoms with van der Waals surface area (Å²) in [7, 11) is 0. The van der Waals surface area contributed by atoms with Crippen LogP contribution in [0.1, 0.15) is 19.3 Å². The number of anilines is 1. The van der Waals surface area contributed by atoms with Crippen LogP contribution in [0.4, 0.5) is 11.5 Å². The van der Waals surface area contributed by atoms with Crippen molar-refractivity contribution in [3.05, 3.63) is 26.9 Å². The van der Waals surface area contributed by atoms with Crippen LogP contribution >= 0.6 is 15.9 Å². The molecule has 0 amide bonds. The summed E-state index contributed by atoms with van der Waals surface area (Å²) in [6, 6.07) is 1.98. The molecule has 2 rings (SSSR count). The van der Waals surface area contributed by atoms with Gasteiger partial charge in [0.2, 0.25) is 5.82 Å². The van der Waals surface area contributed by atoms with E-state index in [0.29, 0.717) is 22.9 Å². The molecule has 1 unspecified atom stereocenters. The third-order valence-corrected chi connectivity index (χ3v) is 3.41. The van der Waals surface area contributed by atoms with Gasteiger partial charge in [-0.05, 0) is 41.7 Å². The molecule has 7 heteroatoms. The molecule has 0 aromatic carbocycles. The number of hydrogen-bond donors (Lipinski definition) is 2. The Hall–Kier alpha value is -1.21. The number of halogens is 1. The highest BCUT2D eigenvalue weighted by Crippen LogP contribution is 2.25. The highest BCUT2D eigenvalue weighted by atomic mass is 79.9. The number of nitro groups is 1. The zero-order valence-corrected chi connectivity index (χ0v) is 11.4. The van der Waals surface area contributed by atoms with Crippen molar-refractivity contribution in [2.75, 3.05) is 18.4 Å². The first-order valence-electron chi connectivity index (χ1n) is 5.94. The quantitative estimate of drug-likeness (QED) is 0.644. The molecule has 1 aromatic heterocycles. The molecule has 0 bridgehead atoms. The SMILES string of the molecule is O=[N+]([O-])c1cc(Br)cnc1NCCC1CCCN1. The molecule has 6 nitrogen and oxygen atoms in total. The summed E-state index contributed by atoms with van der Waals surface area (Å²) in [6.45, 7) is 1.76. The zero-order chi connectivity index (χ0) is 13.0. The number of rotatable bonds is 5. The van der Waals surface area contributed by atoms with E-state index < -0.39 is 4.92 Å². The van der Waals surface area contributed by atoms with Gasteiger partial charge in [0.1, 0.15) is 0 Å². The standard InChI is InChI=1S/C11H15BrN4O2/c12-8-6-10(16(17)18)11(15-7-8)14-5-3-9-2-1-4-13-9/h6-7,9,13H,1-5H2,(H,14,15). The number of nitrogens with one attached hydrogen (secondary N) is 2. The molecule has 2 heterocycles. The molecule has 0 radical (unpaired) electrons. The van der Waals surface area contributed by atoms with E-state index >= 15 is 0 Å². The second-order valence-electron chi connectivity index (χ2n) is 4.29. The fourth-order valence-corrected chi connectivity index (χ4v) is 2.39. The van der Waals surface area contributed by atoms with Gasteiger partial charge in [0, 0.05) is 29.3 Å². The summed E-state index contributed by atoms with van der Waals surface area (Å²) in [5.41, 5.74) is 0.00348. The molecule has 1 aromatic rings. The summed E-state index contributed by atoms with van der Waals surface area (Å²) in [5.74, 6) is 0.334. The van der Waals surface area contributed by atoms with Crippen LogP contribution in [0.2, 0.25) is 0 Å². The Balaban J connectivity index is 1.93.